The average Bonchev–Trinajstić information content (AvgIpc) is 2.82. The van der Waals surface area contributed by atoms with Crippen LogP contribution in [0.1, 0.15) is 5.56 Å². The third-order valence-corrected chi connectivity index (χ3v) is 3.38. The number of carbonyl (C=O) groups excluding carboxylic acids is 2. The lowest BCUT2D eigenvalue weighted by atomic mass is 10.1. The number of hydrogen-bond acceptors (Lipinski definition) is 2. The number of fused-ring (bicyclic) bond motifs is 1. The molecule has 4 nitrogen and oxygen atoms in total. The Labute approximate surface area is 112 Å². The van der Waals surface area contributed by atoms with Gasteiger partial charge in [-0.1, -0.05) is 23.2 Å². The minimum atomic E-state index is -0.576. The highest BCUT2D eigenvalue weighted by atomic mass is 35.5. The van der Waals surface area contributed by atoms with E-state index in [2.05, 4.69) is 10.3 Å². The van der Waals surface area contributed by atoms with Gasteiger partial charge in [-0.2, -0.15) is 0 Å². The summed E-state index contributed by atoms with van der Waals surface area (Å²) >= 11 is 11.8. The maximum Gasteiger partial charge on any atom is 0.270 e. The van der Waals surface area contributed by atoms with E-state index in [1.54, 1.807) is 24.4 Å². The van der Waals surface area contributed by atoms with E-state index in [0.717, 1.165) is 10.9 Å². The van der Waals surface area contributed by atoms with E-state index in [0.29, 0.717) is 10.6 Å². The van der Waals surface area contributed by atoms with Crippen LogP contribution in [0.25, 0.3) is 16.5 Å². The Kier molecular flexibility index (Phi) is 2.43. The maximum atomic E-state index is 11.7. The van der Waals surface area contributed by atoms with Crippen molar-refractivity contribution >= 4 is 51.5 Å². The predicted octanol–water partition coefficient (Wildman–Crippen LogP) is 2.43. The molecule has 0 radical (unpaired) electrons. The first-order valence-corrected chi connectivity index (χ1v) is 5.86. The fourth-order valence-corrected chi connectivity index (χ4v) is 2.38. The van der Waals surface area contributed by atoms with Gasteiger partial charge in [0.15, 0.2) is 0 Å². The van der Waals surface area contributed by atoms with Crippen LogP contribution in [0.2, 0.25) is 5.02 Å². The van der Waals surface area contributed by atoms with Crippen molar-refractivity contribution in [3.05, 3.63) is 40.0 Å². The summed E-state index contributed by atoms with van der Waals surface area (Å²) in [5.74, 6) is -1.07. The molecule has 2 aromatic rings. The van der Waals surface area contributed by atoms with Crippen molar-refractivity contribution < 1.29 is 9.59 Å². The van der Waals surface area contributed by atoms with Crippen LogP contribution >= 0.6 is 23.2 Å². The average molecular weight is 281 g/mol. The molecular weight excluding hydrogens is 275 g/mol. The summed E-state index contributed by atoms with van der Waals surface area (Å²) in [4.78, 5) is 26.0. The van der Waals surface area contributed by atoms with Gasteiger partial charge in [0.1, 0.15) is 5.03 Å². The van der Waals surface area contributed by atoms with Crippen LogP contribution in [0.5, 0.6) is 0 Å². The molecule has 0 aliphatic carbocycles. The number of hydrogen-bond donors (Lipinski definition) is 2. The number of halogens is 2. The number of H-pyrrole nitrogens is 1. The van der Waals surface area contributed by atoms with Gasteiger partial charge in [0, 0.05) is 27.7 Å². The molecule has 1 aliphatic rings. The maximum absolute atomic E-state index is 11.7. The van der Waals surface area contributed by atoms with E-state index in [-0.39, 0.29) is 10.6 Å². The lowest BCUT2D eigenvalue weighted by Gasteiger charge is -1.99. The number of aromatic nitrogens is 1. The Morgan fingerprint density at radius 3 is 2.50 bits per heavy atom. The summed E-state index contributed by atoms with van der Waals surface area (Å²) in [6.45, 7) is 0. The standard InChI is InChI=1S/C12H6Cl2N2O2/c13-5-1-2-8-6(3-5)7(4-15-8)9-10(14)12(18)16-11(9)17/h1-4,15H,(H,16,17,18). The van der Waals surface area contributed by atoms with Gasteiger partial charge in [0.25, 0.3) is 11.8 Å². The first kappa shape index (κ1) is 11.3. The molecule has 90 valence electrons. The van der Waals surface area contributed by atoms with E-state index in [9.17, 15) is 9.59 Å². The second-order valence-electron chi connectivity index (χ2n) is 3.86. The number of nitrogens with one attached hydrogen (secondary N) is 2. The lowest BCUT2D eigenvalue weighted by molar-refractivity contribution is -0.123. The Hall–Kier alpha value is -1.78. The molecule has 0 fully saturated rings. The molecule has 1 aromatic carbocycles. The SMILES string of the molecule is O=C1NC(=O)C(c2c[nH]c3ccc(Cl)cc23)=C1Cl. The zero-order valence-corrected chi connectivity index (χ0v) is 10.4. The number of aromatic amines is 1. The summed E-state index contributed by atoms with van der Waals surface area (Å²) < 4.78 is 0. The van der Waals surface area contributed by atoms with Crippen molar-refractivity contribution in [1.82, 2.24) is 10.3 Å². The Morgan fingerprint density at radius 2 is 1.83 bits per heavy atom. The van der Waals surface area contributed by atoms with E-state index in [1.165, 1.54) is 0 Å². The fraction of sp³-hybridized carbons (Fsp3) is 0. The number of imide groups is 1. The molecular formula is C12H6Cl2N2O2. The number of amides is 2. The van der Waals surface area contributed by atoms with Gasteiger partial charge in [0.2, 0.25) is 0 Å². The van der Waals surface area contributed by atoms with Crippen molar-refractivity contribution in [2.45, 2.75) is 0 Å². The van der Waals surface area contributed by atoms with E-state index < -0.39 is 11.8 Å². The van der Waals surface area contributed by atoms with Gasteiger partial charge in [-0.25, -0.2) is 0 Å². The Morgan fingerprint density at radius 1 is 1.06 bits per heavy atom. The summed E-state index contributed by atoms with van der Waals surface area (Å²) in [6.07, 6.45) is 1.64. The normalized spacial score (nSPS) is 15.7. The third-order valence-electron chi connectivity index (χ3n) is 2.79. The predicted molar refractivity (Wildman–Crippen MR) is 69.2 cm³/mol. The molecule has 0 saturated heterocycles. The second kappa shape index (κ2) is 3.86. The summed E-state index contributed by atoms with van der Waals surface area (Å²) in [6, 6.07) is 5.25. The second-order valence-corrected chi connectivity index (χ2v) is 4.68. The smallest absolute Gasteiger partial charge is 0.270 e. The van der Waals surface area contributed by atoms with Crippen molar-refractivity contribution in [2.24, 2.45) is 0 Å². The van der Waals surface area contributed by atoms with Crippen LogP contribution in [0, 0.1) is 0 Å². The van der Waals surface area contributed by atoms with Gasteiger partial charge in [-0.15, -0.1) is 0 Å². The van der Waals surface area contributed by atoms with Crippen LogP contribution in [0.4, 0.5) is 0 Å². The highest BCUT2D eigenvalue weighted by Crippen LogP contribution is 2.32. The first-order chi connectivity index (χ1) is 8.58. The number of benzene rings is 1. The van der Waals surface area contributed by atoms with Crippen LogP contribution in [-0.2, 0) is 9.59 Å². The van der Waals surface area contributed by atoms with E-state index in [4.69, 9.17) is 23.2 Å². The third kappa shape index (κ3) is 1.54. The molecule has 0 atom stereocenters. The molecule has 0 bridgehead atoms. The quantitative estimate of drug-likeness (QED) is 0.788. The van der Waals surface area contributed by atoms with Gasteiger partial charge in [-0.05, 0) is 18.2 Å². The molecule has 1 aromatic heterocycles. The Balaban J connectivity index is 2.30. The minimum Gasteiger partial charge on any atom is -0.361 e. The zero-order valence-electron chi connectivity index (χ0n) is 8.88. The van der Waals surface area contributed by atoms with E-state index >= 15 is 0 Å². The minimum absolute atomic E-state index is 0.0964. The van der Waals surface area contributed by atoms with Crippen LogP contribution in [0.15, 0.2) is 29.4 Å². The number of carbonyl (C=O) groups is 2. The fourth-order valence-electron chi connectivity index (χ4n) is 1.97. The zero-order chi connectivity index (χ0) is 12.9. The Bertz CT molecular complexity index is 731. The molecule has 0 unspecified atom stereocenters. The molecule has 3 rings (SSSR count). The molecule has 2 heterocycles. The molecule has 0 spiro atoms. The molecule has 2 N–H and O–H groups in total. The van der Waals surface area contributed by atoms with Gasteiger partial charge in [0.05, 0.1) is 5.57 Å². The van der Waals surface area contributed by atoms with Gasteiger partial charge in [-0.3, -0.25) is 14.9 Å². The topological polar surface area (TPSA) is 62.0 Å². The molecule has 1 aliphatic heterocycles. The van der Waals surface area contributed by atoms with Crippen LogP contribution in [-0.4, -0.2) is 16.8 Å². The largest absolute Gasteiger partial charge is 0.361 e. The van der Waals surface area contributed by atoms with Crippen molar-refractivity contribution in [3.63, 3.8) is 0 Å². The van der Waals surface area contributed by atoms with Crippen molar-refractivity contribution in [1.29, 1.82) is 0 Å². The van der Waals surface area contributed by atoms with Crippen LogP contribution in [0.3, 0.4) is 0 Å². The summed E-state index contributed by atoms with van der Waals surface area (Å²) in [5, 5.41) is 3.35. The number of rotatable bonds is 1. The van der Waals surface area contributed by atoms with E-state index in [1.807, 2.05) is 0 Å². The molecule has 0 saturated carbocycles. The van der Waals surface area contributed by atoms with Crippen molar-refractivity contribution in [2.75, 3.05) is 0 Å². The lowest BCUT2D eigenvalue weighted by Crippen LogP contribution is -2.22. The van der Waals surface area contributed by atoms with Gasteiger partial charge < -0.3 is 4.98 Å². The molecule has 6 heteroatoms. The van der Waals surface area contributed by atoms with Crippen molar-refractivity contribution in [3.8, 4) is 0 Å². The van der Waals surface area contributed by atoms with Gasteiger partial charge >= 0.3 is 0 Å². The molecule has 2 amide bonds. The molecule has 18 heavy (non-hydrogen) atoms. The highest BCUT2D eigenvalue weighted by molar-refractivity contribution is 6.55. The van der Waals surface area contributed by atoms with Crippen LogP contribution < -0.4 is 5.32 Å². The summed E-state index contributed by atoms with van der Waals surface area (Å²) in [5.41, 5.74) is 1.56. The first-order valence-electron chi connectivity index (χ1n) is 5.10. The monoisotopic (exact) mass is 280 g/mol. The highest BCUT2D eigenvalue weighted by Gasteiger charge is 2.31. The summed E-state index contributed by atoms with van der Waals surface area (Å²) in [7, 11) is 0.